The fourth-order valence-corrected chi connectivity index (χ4v) is 4.62. The van der Waals surface area contributed by atoms with E-state index < -0.39 is 0 Å². The molecule has 0 spiro atoms. The van der Waals surface area contributed by atoms with E-state index in [0.29, 0.717) is 39.6 Å². The summed E-state index contributed by atoms with van der Waals surface area (Å²) in [4.78, 5) is 33.3. The molecule has 3 aromatic carbocycles. The first-order valence-corrected chi connectivity index (χ1v) is 11.5. The molecule has 0 saturated heterocycles. The number of rotatable bonds is 3. The van der Waals surface area contributed by atoms with Crippen LogP contribution in [0.3, 0.4) is 0 Å². The van der Waals surface area contributed by atoms with Gasteiger partial charge in [-0.05, 0) is 84.1 Å². The number of nitrogens with zero attached hydrogens (tertiary/aromatic N) is 3. The largest absolute Gasteiger partial charge is 0.308 e. The number of halogens is 2. The van der Waals surface area contributed by atoms with Crippen LogP contribution < -0.4 is 10.5 Å². The van der Waals surface area contributed by atoms with Gasteiger partial charge in [0.15, 0.2) is 0 Å². The number of hydrogen-bond acceptors (Lipinski definition) is 3. The van der Waals surface area contributed by atoms with Crippen LogP contribution in [0.1, 0.15) is 18.3 Å². The van der Waals surface area contributed by atoms with Crippen LogP contribution in [-0.2, 0) is 4.79 Å². The summed E-state index contributed by atoms with van der Waals surface area (Å²) >= 11 is 8.25. The molecule has 1 aromatic heterocycles. The predicted molar refractivity (Wildman–Crippen MR) is 137 cm³/mol. The van der Waals surface area contributed by atoms with Gasteiger partial charge < -0.3 is 4.90 Å². The molecule has 1 aliphatic heterocycles. The summed E-state index contributed by atoms with van der Waals surface area (Å²) in [6.45, 7) is 2.50. The Kier molecular flexibility index (Phi) is 5.35. The van der Waals surface area contributed by atoms with Gasteiger partial charge in [-0.2, -0.15) is 0 Å². The third kappa shape index (κ3) is 3.43. The minimum absolute atomic E-state index is 0.103. The molecule has 0 saturated carbocycles. The molecule has 5 nitrogen and oxygen atoms in total. The minimum Gasteiger partial charge on any atom is -0.308 e. The van der Waals surface area contributed by atoms with E-state index >= 15 is 0 Å². The number of likely N-dealkylation sites (N-methyl/N-ethyl adjacent to an activating group) is 1. The van der Waals surface area contributed by atoms with Gasteiger partial charge in [-0.25, -0.2) is 4.98 Å². The molecule has 0 bridgehead atoms. The van der Waals surface area contributed by atoms with Gasteiger partial charge in [-0.15, -0.1) is 0 Å². The zero-order valence-corrected chi connectivity index (χ0v) is 20.0. The Morgan fingerprint density at radius 3 is 2.53 bits per heavy atom. The highest BCUT2D eigenvalue weighted by Gasteiger charge is 2.31. The van der Waals surface area contributed by atoms with Crippen molar-refractivity contribution in [3.05, 3.63) is 97.1 Å². The van der Waals surface area contributed by atoms with Gasteiger partial charge in [0.25, 0.3) is 11.5 Å². The highest BCUT2D eigenvalue weighted by Crippen LogP contribution is 2.37. The molecule has 0 radical (unpaired) electrons. The number of benzene rings is 3. The summed E-state index contributed by atoms with van der Waals surface area (Å²) in [5.41, 5.74) is 3.22. The fraction of sp³-hybridized carbons (Fsp3) is 0.0800. The maximum absolute atomic E-state index is 13.6. The SMILES string of the molecule is CCN1C(=O)/C(=C\c2nc3ccc(I)cc3c(=O)n2-c2ccc(Cl)cc2)c2ccccc21. The Labute approximate surface area is 203 Å². The third-order valence-corrected chi connectivity index (χ3v) is 6.41. The van der Waals surface area contributed by atoms with Gasteiger partial charge in [-0.3, -0.25) is 14.2 Å². The number of fused-ring (bicyclic) bond motifs is 2. The Morgan fingerprint density at radius 2 is 1.78 bits per heavy atom. The predicted octanol–water partition coefficient (Wildman–Crippen LogP) is 5.55. The highest BCUT2D eigenvalue weighted by molar-refractivity contribution is 14.1. The van der Waals surface area contributed by atoms with Crippen molar-refractivity contribution >= 4 is 68.3 Å². The first kappa shape index (κ1) is 20.9. The summed E-state index contributed by atoms with van der Waals surface area (Å²) < 4.78 is 2.48. The van der Waals surface area contributed by atoms with Crippen molar-refractivity contribution < 1.29 is 4.79 Å². The van der Waals surface area contributed by atoms with Gasteiger partial charge in [0.05, 0.1) is 27.9 Å². The number of carbonyl (C=O) groups is 1. The van der Waals surface area contributed by atoms with Crippen LogP contribution in [0, 0.1) is 3.57 Å². The average molecular weight is 554 g/mol. The normalized spacial score (nSPS) is 14.4. The van der Waals surface area contributed by atoms with E-state index in [-0.39, 0.29) is 11.5 Å². The van der Waals surface area contributed by atoms with Crippen molar-refractivity contribution in [1.29, 1.82) is 0 Å². The standard InChI is InChI=1S/C25H17ClIN3O2/c1-2-29-22-6-4-3-5-18(22)19(24(29)31)14-23-28-21-12-9-16(27)13-20(21)25(32)30(23)17-10-7-15(26)8-11-17/h3-14H,2H2,1H3/b19-14-. The number of aromatic nitrogens is 2. The second-order valence-corrected chi connectivity index (χ2v) is 9.06. The van der Waals surface area contributed by atoms with Crippen LogP contribution in [-0.4, -0.2) is 22.0 Å². The van der Waals surface area contributed by atoms with E-state index in [1.165, 1.54) is 4.57 Å². The fourth-order valence-electron chi connectivity index (χ4n) is 4.00. The summed E-state index contributed by atoms with van der Waals surface area (Å²) in [5.74, 6) is 0.287. The molecular weight excluding hydrogens is 537 g/mol. The van der Waals surface area contributed by atoms with Gasteiger partial charge >= 0.3 is 0 Å². The number of carbonyl (C=O) groups excluding carboxylic acids is 1. The van der Waals surface area contributed by atoms with Gasteiger partial charge in [0, 0.05) is 20.7 Å². The number of amides is 1. The molecule has 1 aliphatic rings. The lowest BCUT2D eigenvalue weighted by Crippen LogP contribution is -2.26. The Bertz CT molecular complexity index is 1480. The van der Waals surface area contributed by atoms with Crippen LogP contribution in [0.15, 0.2) is 71.5 Å². The molecule has 0 unspecified atom stereocenters. The second-order valence-electron chi connectivity index (χ2n) is 7.37. The number of anilines is 1. The van der Waals surface area contributed by atoms with E-state index in [4.69, 9.17) is 16.6 Å². The van der Waals surface area contributed by atoms with E-state index in [9.17, 15) is 9.59 Å². The van der Waals surface area contributed by atoms with E-state index in [1.807, 2.05) is 49.4 Å². The molecule has 5 rings (SSSR count). The van der Waals surface area contributed by atoms with Gasteiger partial charge in [-0.1, -0.05) is 29.8 Å². The number of hydrogen-bond donors (Lipinski definition) is 0. The average Bonchev–Trinajstić information content (AvgIpc) is 3.06. The van der Waals surface area contributed by atoms with E-state index in [2.05, 4.69) is 22.6 Å². The number of para-hydroxylation sites is 1. The zero-order valence-electron chi connectivity index (χ0n) is 17.0. The van der Waals surface area contributed by atoms with Crippen molar-refractivity contribution in [2.45, 2.75) is 6.92 Å². The summed E-state index contributed by atoms with van der Waals surface area (Å²) in [7, 11) is 0. The summed E-state index contributed by atoms with van der Waals surface area (Å²) in [5, 5.41) is 1.09. The Hall–Kier alpha value is -2.97. The molecule has 0 atom stereocenters. The maximum Gasteiger partial charge on any atom is 0.266 e. The van der Waals surface area contributed by atoms with Gasteiger partial charge in [0.2, 0.25) is 0 Å². The van der Waals surface area contributed by atoms with Crippen molar-refractivity contribution in [2.75, 3.05) is 11.4 Å². The molecular formula is C25H17ClIN3O2. The van der Waals surface area contributed by atoms with Crippen LogP contribution in [0.2, 0.25) is 5.02 Å². The lowest BCUT2D eigenvalue weighted by atomic mass is 10.1. The molecule has 1 amide bonds. The lowest BCUT2D eigenvalue weighted by molar-refractivity contribution is -0.112. The monoisotopic (exact) mass is 553 g/mol. The van der Waals surface area contributed by atoms with E-state index in [1.54, 1.807) is 35.2 Å². The molecule has 0 fully saturated rings. The van der Waals surface area contributed by atoms with Crippen molar-refractivity contribution in [1.82, 2.24) is 9.55 Å². The van der Waals surface area contributed by atoms with Crippen LogP contribution in [0.25, 0.3) is 28.2 Å². The van der Waals surface area contributed by atoms with Crippen LogP contribution in [0.5, 0.6) is 0 Å². The molecule has 32 heavy (non-hydrogen) atoms. The highest BCUT2D eigenvalue weighted by atomic mass is 127. The quantitative estimate of drug-likeness (QED) is 0.247. The minimum atomic E-state index is -0.200. The second kappa shape index (κ2) is 8.18. The lowest BCUT2D eigenvalue weighted by Gasteiger charge is -2.14. The topological polar surface area (TPSA) is 55.2 Å². The smallest absolute Gasteiger partial charge is 0.266 e. The molecule has 158 valence electrons. The molecule has 0 N–H and O–H groups in total. The Morgan fingerprint density at radius 1 is 1.03 bits per heavy atom. The molecule has 2 heterocycles. The maximum atomic E-state index is 13.6. The van der Waals surface area contributed by atoms with Crippen LogP contribution in [0.4, 0.5) is 5.69 Å². The van der Waals surface area contributed by atoms with E-state index in [0.717, 1.165) is 14.8 Å². The first-order chi connectivity index (χ1) is 15.5. The Balaban J connectivity index is 1.82. The van der Waals surface area contributed by atoms with Crippen molar-refractivity contribution in [2.24, 2.45) is 0 Å². The molecule has 4 aromatic rings. The van der Waals surface area contributed by atoms with Crippen molar-refractivity contribution in [3.8, 4) is 5.69 Å². The molecule has 7 heteroatoms. The van der Waals surface area contributed by atoms with Crippen molar-refractivity contribution in [3.63, 3.8) is 0 Å². The zero-order chi connectivity index (χ0) is 22.4. The first-order valence-electron chi connectivity index (χ1n) is 10.1. The summed E-state index contributed by atoms with van der Waals surface area (Å²) in [6, 6.07) is 20.2. The summed E-state index contributed by atoms with van der Waals surface area (Å²) in [6.07, 6.45) is 1.71. The van der Waals surface area contributed by atoms with Crippen LogP contribution >= 0.6 is 34.2 Å². The molecule has 0 aliphatic carbocycles. The third-order valence-electron chi connectivity index (χ3n) is 5.49. The van der Waals surface area contributed by atoms with Gasteiger partial charge in [0.1, 0.15) is 5.82 Å².